The largest absolute Gasteiger partial charge is 0.395 e. The molecule has 0 atom stereocenters. The molecule has 2 heterocycles. The van der Waals surface area contributed by atoms with Crippen LogP contribution in [0.2, 0.25) is 0 Å². The fraction of sp³-hybridized carbons (Fsp3) is 0.389. The first-order valence-corrected chi connectivity index (χ1v) is 8.67. The minimum atomic E-state index is 0.0310. The van der Waals surface area contributed by atoms with Crippen LogP contribution < -0.4 is 10.6 Å². The fourth-order valence-electron chi connectivity index (χ4n) is 2.59. The number of nitrogens with zero attached hydrogens (tertiary/aromatic N) is 4. The summed E-state index contributed by atoms with van der Waals surface area (Å²) in [5.41, 5.74) is 2.74. The van der Waals surface area contributed by atoms with Gasteiger partial charge in [-0.05, 0) is 12.0 Å². The third-order valence-electron chi connectivity index (χ3n) is 3.91. The van der Waals surface area contributed by atoms with Gasteiger partial charge in [-0.25, -0.2) is 4.98 Å². The fourth-order valence-corrected chi connectivity index (χ4v) is 2.59. The molecule has 0 spiro atoms. The summed E-state index contributed by atoms with van der Waals surface area (Å²) in [5, 5.41) is 15.4. The average Bonchev–Trinajstić information content (AvgIpc) is 3.06. The molecule has 3 N–H and O–H groups in total. The first kappa shape index (κ1) is 17.2. The van der Waals surface area contributed by atoms with Crippen molar-refractivity contribution in [1.82, 2.24) is 19.5 Å². The number of unbranched alkanes of at least 4 members (excludes halogenated alkanes) is 1. The Balaban J connectivity index is 1.89. The number of rotatable bonds is 9. The van der Waals surface area contributed by atoms with E-state index in [2.05, 4.69) is 49.2 Å². The van der Waals surface area contributed by atoms with Crippen LogP contribution in [0.5, 0.6) is 0 Å². The molecule has 7 nitrogen and oxygen atoms in total. The van der Waals surface area contributed by atoms with E-state index in [4.69, 9.17) is 5.11 Å². The second-order valence-corrected chi connectivity index (χ2v) is 5.85. The minimum absolute atomic E-state index is 0.0310. The number of anilines is 2. The van der Waals surface area contributed by atoms with E-state index < -0.39 is 0 Å². The van der Waals surface area contributed by atoms with Gasteiger partial charge in [-0.1, -0.05) is 43.7 Å². The van der Waals surface area contributed by atoms with Gasteiger partial charge in [0.05, 0.1) is 12.9 Å². The third kappa shape index (κ3) is 4.24. The molecule has 7 heteroatoms. The third-order valence-corrected chi connectivity index (χ3v) is 3.91. The van der Waals surface area contributed by atoms with Crippen molar-refractivity contribution in [3.63, 3.8) is 0 Å². The molecule has 0 fully saturated rings. The zero-order chi connectivity index (χ0) is 17.5. The second-order valence-electron chi connectivity index (χ2n) is 5.85. The predicted octanol–water partition coefficient (Wildman–Crippen LogP) is 2.64. The highest BCUT2D eigenvalue weighted by atomic mass is 16.3. The van der Waals surface area contributed by atoms with Crippen molar-refractivity contribution in [1.29, 1.82) is 0 Å². The molecule has 0 radical (unpaired) electrons. The van der Waals surface area contributed by atoms with Gasteiger partial charge in [-0.2, -0.15) is 9.97 Å². The maximum Gasteiger partial charge on any atom is 0.226 e. The molecule has 1 aromatic carbocycles. The van der Waals surface area contributed by atoms with E-state index in [1.165, 1.54) is 5.56 Å². The van der Waals surface area contributed by atoms with E-state index in [-0.39, 0.29) is 6.61 Å². The lowest BCUT2D eigenvalue weighted by atomic mass is 10.2. The Kier molecular flexibility index (Phi) is 5.79. The molecule has 0 amide bonds. The Morgan fingerprint density at radius 1 is 1.12 bits per heavy atom. The Morgan fingerprint density at radius 3 is 2.72 bits per heavy atom. The number of fused-ring (bicyclic) bond motifs is 1. The average molecular weight is 340 g/mol. The van der Waals surface area contributed by atoms with Crippen molar-refractivity contribution in [3.8, 4) is 0 Å². The van der Waals surface area contributed by atoms with Crippen molar-refractivity contribution in [2.24, 2.45) is 0 Å². The molecule has 132 valence electrons. The highest BCUT2D eigenvalue weighted by Crippen LogP contribution is 2.22. The Labute approximate surface area is 147 Å². The molecule has 0 saturated carbocycles. The number of aromatic nitrogens is 4. The predicted molar refractivity (Wildman–Crippen MR) is 99.6 cm³/mol. The molecule has 0 unspecified atom stereocenters. The molecule has 3 rings (SSSR count). The first-order valence-electron chi connectivity index (χ1n) is 8.67. The van der Waals surface area contributed by atoms with E-state index in [0.29, 0.717) is 24.9 Å². The van der Waals surface area contributed by atoms with E-state index in [1.54, 1.807) is 0 Å². The maximum atomic E-state index is 9.04. The van der Waals surface area contributed by atoms with E-state index >= 15 is 0 Å². The van der Waals surface area contributed by atoms with Crippen LogP contribution in [0.25, 0.3) is 11.2 Å². The summed E-state index contributed by atoms with van der Waals surface area (Å²) in [5.74, 6) is 1.19. The summed E-state index contributed by atoms with van der Waals surface area (Å²) in [6.45, 7) is 4.14. The Hall–Kier alpha value is -2.67. The molecule has 0 aliphatic heterocycles. The van der Waals surface area contributed by atoms with Gasteiger partial charge in [-0.15, -0.1) is 0 Å². The number of aryl methyl sites for hydroxylation is 1. The van der Waals surface area contributed by atoms with Crippen molar-refractivity contribution < 1.29 is 5.11 Å². The zero-order valence-electron chi connectivity index (χ0n) is 14.4. The van der Waals surface area contributed by atoms with Gasteiger partial charge in [0.1, 0.15) is 0 Å². The minimum Gasteiger partial charge on any atom is -0.395 e. The molecular weight excluding hydrogens is 316 g/mol. The summed E-state index contributed by atoms with van der Waals surface area (Å²) in [6.07, 6.45) is 4.00. The molecule has 25 heavy (non-hydrogen) atoms. The van der Waals surface area contributed by atoms with Crippen molar-refractivity contribution in [2.75, 3.05) is 23.8 Å². The van der Waals surface area contributed by atoms with E-state index in [9.17, 15) is 0 Å². The van der Waals surface area contributed by atoms with Gasteiger partial charge in [0.25, 0.3) is 0 Å². The lowest BCUT2D eigenvalue weighted by Gasteiger charge is -2.10. The number of hydrogen-bond acceptors (Lipinski definition) is 6. The number of aliphatic hydroxyl groups excluding tert-OH is 1. The van der Waals surface area contributed by atoms with Gasteiger partial charge >= 0.3 is 0 Å². The smallest absolute Gasteiger partial charge is 0.226 e. The van der Waals surface area contributed by atoms with Crippen LogP contribution in [0.4, 0.5) is 11.8 Å². The summed E-state index contributed by atoms with van der Waals surface area (Å²) in [7, 11) is 0. The number of benzene rings is 1. The molecular formula is C18H24N6O. The normalized spacial score (nSPS) is 11.0. The molecule has 0 aliphatic carbocycles. The van der Waals surface area contributed by atoms with Gasteiger partial charge in [0.2, 0.25) is 5.95 Å². The van der Waals surface area contributed by atoms with Crippen molar-refractivity contribution in [3.05, 3.63) is 42.2 Å². The topological polar surface area (TPSA) is 87.9 Å². The number of hydrogen-bond donors (Lipinski definition) is 3. The summed E-state index contributed by atoms with van der Waals surface area (Å²) in [6, 6.07) is 10.2. The lowest BCUT2D eigenvalue weighted by Crippen LogP contribution is -2.11. The Morgan fingerprint density at radius 2 is 1.96 bits per heavy atom. The van der Waals surface area contributed by atoms with Gasteiger partial charge in [-0.3, -0.25) is 0 Å². The van der Waals surface area contributed by atoms with Crippen LogP contribution in [0, 0.1) is 0 Å². The maximum absolute atomic E-state index is 9.04. The van der Waals surface area contributed by atoms with Crippen LogP contribution in [-0.4, -0.2) is 37.8 Å². The molecule has 3 aromatic rings. The van der Waals surface area contributed by atoms with E-state index in [1.807, 2.05) is 24.5 Å². The van der Waals surface area contributed by atoms with Gasteiger partial charge in [0, 0.05) is 19.6 Å². The number of aliphatic hydroxyl groups is 1. The lowest BCUT2D eigenvalue weighted by molar-refractivity contribution is 0.311. The van der Waals surface area contributed by atoms with Crippen LogP contribution in [-0.2, 0) is 13.1 Å². The highest BCUT2D eigenvalue weighted by Gasteiger charge is 2.13. The monoisotopic (exact) mass is 340 g/mol. The molecule has 0 aliphatic rings. The standard InChI is InChI=1S/C18H24N6O/c1-2-3-10-24-13-21-15-16(20-12-14-7-5-4-6-8-14)22-18(19-9-11-25)23-17(15)24/h4-8,13,25H,2-3,9-12H2,1H3,(H2,19,20,22,23). The summed E-state index contributed by atoms with van der Waals surface area (Å²) in [4.78, 5) is 13.6. The van der Waals surface area contributed by atoms with Crippen LogP contribution in [0.15, 0.2) is 36.7 Å². The number of nitrogens with one attached hydrogen (secondary N) is 2. The highest BCUT2D eigenvalue weighted by molar-refractivity contribution is 5.84. The molecule has 0 bridgehead atoms. The number of imidazole rings is 1. The van der Waals surface area contributed by atoms with Crippen LogP contribution >= 0.6 is 0 Å². The quantitative estimate of drug-likeness (QED) is 0.555. The molecule has 0 saturated heterocycles. The molecule has 2 aromatic heterocycles. The summed E-state index contributed by atoms with van der Waals surface area (Å²) < 4.78 is 2.05. The van der Waals surface area contributed by atoms with E-state index in [0.717, 1.165) is 30.6 Å². The Bertz CT molecular complexity index is 802. The first-order chi connectivity index (χ1) is 12.3. The SMILES string of the molecule is CCCCn1cnc2c(NCc3ccccc3)nc(NCCO)nc21. The second kappa shape index (κ2) is 8.43. The summed E-state index contributed by atoms with van der Waals surface area (Å²) >= 11 is 0. The van der Waals surface area contributed by atoms with Gasteiger partial charge in [0.15, 0.2) is 17.0 Å². The van der Waals surface area contributed by atoms with Gasteiger partial charge < -0.3 is 20.3 Å². The van der Waals surface area contributed by atoms with Crippen molar-refractivity contribution >= 4 is 22.9 Å². The van der Waals surface area contributed by atoms with Crippen LogP contribution in [0.1, 0.15) is 25.3 Å². The van der Waals surface area contributed by atoms with Crippen LogP contribution in [0.3, 0.4) is 0 Å². The van der Waals surface area contributed by atoms with Crippen molar-refractivity contribution in [2.45, 2.75) is 32.9 Å². The zero-order valence-corrected chi connectivity index (χ0v) is 14.4.